The van der Waals surface area contributed by atoms with Crippen LogP contribution in [-0.2, 0) is 28.6 Å². The largest absolute Gasteiger partial charge is 0.462 e. The van der Waals surface area contributed by atoms with Crippen molar-refractivity contribution in [2.75, 3.05) is 13.2 Å². The van der Waals surface area contributed by atoms with Crippen LogP contribution in [0.15, 0.2) is 0 Å². The molecule has 0 aliphatic rings. The maximum absolute atomic E-state index is 12.7. The highest BCUT2D eigenvalue weighted by molar-refractivity contribution is 5.71. The van der Waals surface area contributed by atoms with Gasteiger partial charge < -0.3 is 14.2 Å². The Kier molecular flexibility index (Phi) is 35.6. The fourth-order valence-electron chi connectivity index (χ4n) is 6.49. The molecule has 302 valence electrons. The molecule has 0 aromatic heterocycles. The highest BCUT2D eigenvalue weighted by Gasteiger charge is 2.19. The lowest BCUT2D eigenvalue weighted by Gasteiger charge is -2.18. The minimum Gasteiger partial charge on any atom is -0.462 e. The predicted octanol–water partition coefficient (Wildman–Crippen LogP) is 13.7. The standard InChI is InChI=1S/C45H86O6/c1-7-41(6)33-27-21-15-9-11-17-24-30-36-45(48)51-42(38-50-44(47)35-29-23-18-12-14-20-26-32-40(4)5)37-49-43(46)34-28-22-16-10-8-13-19-25-31-39(2)3/h39-42H,7-38H2,1-6H3/t41?,42-/m1/s1. The van der Waals surface area contributed by atoms with Crippen molar-refractivity contribution in [3.8, 4) is 0 Å². The number of carbonyl (C=O) groups excluding carboxylic acids is 3. The lowest BCUT2D eigenvalue weighted by atomic mass is 9.99. The third-order valence-electron chi connectivity index (χ3n) is 10.3. The molecule has 2 atom stereocenters. The second kappa shape index (κ2) is 36.8. The minimum absolute atomic E-state index is 0.0674. The molecule has 6 heteroatoms. The average Bonchev–Trinajstić information content (AvgIpc) is 3.09. The molecular formula is C45H86O6. The van der Waals surface area contributed by atoms with E-state index in [9.17, 15) is 14.4 Å². The molecule has 0 radical (unpaired) electrons. The summed E-state index contributed by atoms with van der Waals surface area (Å²) in [6.45, 7) is 13.6. The van der Waals surface area contributed by atoms with Gasteiger partial charge >= 0.3 is 17.9 Å². The summed E-state index contributed by atoms with van der Waals surface area (Å²) < 4.78 is 16.7. The summed E-state index contributed by atoms with van der Waals surface area (Å²) in [7, 11) is 0. The average molecular weight is 723 g/mol. The Hall–Kier alpha value is -1.59. The third-order valence-corrected chi connectivity index (χ3v) is 10.3. The van der Waals surface area contributed by atoms with Gasteiger partial charge in [0.05, 0.1) is 0 Å². The van der Waals surface area contributed by atoms with Gasteiger partial charge in [-0.2, -0.15) is 0 Å². The van der Waals surface area contributed by atoms with Crippen LogP contribution in [0, 0.1) is 17.8 Å². The Balaban J connectivity index is 4.37. The van der Waals surface area contributed by atoms with Crippen molar-refractivity contribution in [1.29, 1.82) is 0 Å². The Morgan fingerprint density at radius 3 is 1.02 bits per heavy atom. The molecule has 0 spiro atoms. The first-order valence-electron chi connectivity index (χ1n) is 22.1. The van der Waals surface area contributed by atoms with Crippen LogP contribution in [0.3, 0.4) is 0 Å². The van der Waals surface area contributed by atoms with Crippen molar-refractivity contribution in [3.05, 3.63) is 0 Å². The van der Waals surface area contributed by atoms with Crippen LogP contribution in [0.25, 0.3) is 0 Å². The summed E-state index contributed by atoms with van der Waals surface area (Å²) in [5.74, 6) is 1.55. The quantitative estimate of drug-likeness (QED) is 0.0359. The minimum atomic E-state index is -0.762. The first kappa shape index (κ1) is 49.4. The van der Waals surface area contributed by atoms with Gasteiger partial charge in [-0.05, 0) is 37.0 Å². The Bertz CT molecular complexity index is 794. The Labute approximate surface area is 317 Å². The molecule has 0 aromatic carbocycles. The van der Waals surface area contributed by atoms with Crippen molar-refractivity contribution >= 4 is 17.9 Å². The molecule has 1 unspecified atom stereocenters. The van der Waals surface area contributed by atoms with Crippen LogP contribution in [0.1, 0.15) is 234 Å². The van der Waals surface area contributed by atoms with Crippen LogP contribution in [0.2, 0.25) is 0 Å². The lowest BCUT2D eigenvalue weighted by molar-refractivity contribution is -0.167. The molecule has 0 aliphatic heterocycles. The maximum atomic E-state index is 12.7. The van der Waals surface area contributed by atoms with E-state index in [1.165, 1.54) is 116 Å². The Morgan fingerprint density at radius 1 is 0.392 bits per heavy atom. The van der Waals surface area contributed by atoms with Crippen molar-refractivity contribution < 1.29 is 28.6 Å². The van der Waals surface area contributed by atoms with Crippen molar-refractivity contribution in [3.63, 3.8) is 0 Å². The summed E-state index contributed by atoms with van der Waals surface area (Å²) in [6.07, 6.45) is 32.4. The smallest absolute Gasteiger partial charge is 0.306 e. The molecule has 0 aromatic rings. The Morgan fingerprint density at radius 2 is 0.686 bits per heavy atom. The summed E-state index contributed by atoms with van der Waals surface area (Å²) in [4.78, 5) is 37.6. The molecule has 0 N–H and O–H groups in total. The number of rotatable bonds is 38. The molecule has 0 bridgehead atoms. The molecule has 51 heavy (non-hydrogen) atoms. The number of esters is 3. The van der Waals surface area contributed by atoms with E-state index in [0.29, 0.717) is 19.3 Å². The van der Waals surface area contributed by atoms with Gasteiger partial charge in [-0.1, -0.05) is 196 Å². The van der Waals surface area contributed by atoms with Crippen LogP contribution < -0.4 is 0 Å². The molecule has 0 saturated heterocycles. The van der Waals surface area contributed by atoms with E-state index in [0.717, 1.165) is 75.5 Å². The van der Waals surface area contributed by atoms with E-state index in [1.807, 2.05) is 0 Å². The van der Waals surface area contributed by atoms with Gasteiger partial charge in [-0.3, -0.25) is 14.4 Å². The first-order chi connectivity index (χ1) is 24.6. The zero-order valence-electron chi connectivity index (χ0n) is 34.9. The zero-order chi connectivity index (χ0) is 37.8. The van der Waals surface area contributed by atoms with Gasteiger partial charge in [0.25, 0.3) is 0 Å². The van der Waals surface area contributed by atoms with Crippen LogP contribution in [-0.4, -0.2) is 37.2 Å². The summed E-state index contributed by atoms with van der Waals surface area (Å²) in [6, 6.07) is 0. The van der Waals surface area contributed by atoms with Crippen LogP contribution >= 0.6 is 0 Å². The van der Waals surface area contributed by atoms with Crippen molar-refractivity contribution in [2.45, 2.75) is 240 Å². The number of hydrogen-bond acceptors (Lipinski definition) is 6. The highest BCUT2D eigenvalue weighted by atomic mass is 16.6. The normalized spacial score (nSPS) is 12.7. The number of unbranched alkanes of at least 4 members (excludes halogenated alkanes) is 20. The van der Waals surface area contributed by atoms with E-state index >= 15 is 0 Å². The highest BCUT2D eigenvalue weighted by Crippen LogP contribution is 2.17. The zero-order valence-corrected chi connectivity index (χ0v) is 34.9. The molecule has 0 heterocycles. The maximum Gasteiger partial charge on any atom is 0.306 e. The molecular weight excluding hydrogens is 636 g/mol. The lowest BCUT2D eigenvalue weighted by Crippen LogP contribution is -2.30. The van der Waals surface area contributed by atoms with Gasteiger partial charge in [0.1, 0.15) is 13.2 Å². The molecule has 0 aliphatic carbocycles. The van der Waals surface area contributed by atoms with Gasteiger partial charge in [0, 0.05) is 19.3 Å². The molecule has 6 nitrogen and oxygen atoms in total. The van der Waals surface area contributed by atoms with E-state index in [2.05, 4.69) is 41.5 Å². The monoisotopic (exact) mass is 723 g/mol. The van der Waals surface area contributed by atoms with E-state index in [4.69, 9.17) is 14.2 Å². The molecule has 0 saturated carbocycles. The first-order valence-corrected chi connectivity index (χ1v) is 22.1. The second-order valence-corrected chi connectivity index (χ2v) is 16.5. The summed E-state index contributed by atoms with van der Waals surface area (Å²) >= 11 is 0. The number of carbonyl (C=O) groups is 3. The van der Waals surface area contributed by atoms with Gasteiger partial charge in [0.15, 0.2) is 6.10 Å². The topological polar surface area (TPSA) is 78.9 Å². The molecule has 0 fully saturated rings. The third kappa shape index (κ3) is 38.0. The number of hydrogen-bond donors (Lipinski definition) is 0. The summed E-state index contributed by atoms with van der Waals surface area (Å²) in [5, 5.41) is 0. The molecule has 0 rings (SSSR count). The van der Waals surface area contributed by atoms with E-state index < -0.39 is 6.10 Å². The SMILES string of the molecule is CCC(C)CCCCCCCCCCC(=O)O[C@H](COC(=O)CCCCCCCCCCC(C)C)COC(=O)CCCCCCCCCC(C)C. The second-order valence-electron chi connectivity index (χ2n) is 16.5. The number of ether oxygens (including phenoxy) is 3. The van der Waals surface area contributed by atoms with E-state index in [1.54, 1.807) is 0 Å². The summed E-state index contributed by atoms with van der Waals surface area (Å²) in [5.41, 5.74) is 0. The van der Waals surface area contributed by atoms with Crippen molar-refractivity contribution in [1.82, 2.24) is 0 Å². The van der Waals surface area contributed by atoms with Gasteiger partial charge in [-0.25, -0.2) is 0 Å². The van der Waals surface area contributed by atoms with Crippen LogP contribution in [0.5, 0.6) is 0 Å². The van der Waals surface area contributed by atoms with Crippen LogP contribution in [0.4, 0.5) is 0 Å². The predicted molar refractivity (Wildman–Crippen MR) is 215 cm³/mol. The van der Waals surface area contributed by atoms with Gasteiger partial charge in [0.2, 0.25) is 0 Å². The van der Waals surface area contributed by atoms with Gasteiger partial charge in [-0.15, -0.1) is 0 Å². The van der Waals surface area contributed by atoms with Crippen molar-refractivity contribution in [2.24, 2.45) is 17.8 Å². The van der Waals surface area contributed by atoms with E-state index in [-0.39, 0.29) is 31.1 Å². The molecule has 0 amide bonds. The fraction of sp³-hybridized carbons (Fsp3) is 0.933. The fourth-order valence-corrected chi connectivity index (χ4v) is 6.49.